The lowest BCUT2D eigenvalue weighted by atomic mass is 9.99. The van der Waals surface area contributed by atoms with Crippen LogP contribution in [0.4, 0.5) is 11.4 Å². The van der Waals surface area contributed by atoms with E-state index < -0.39 is 5.91 Å². The van der Waals surface area contributed by atoms with Crippen LogP contribution in [0.25, 0.3) is 0 Å². The number of benzene rings is 1. The minimum Gasteiger partial charge on any atom is -0.399 e. The van der Waals surface area contributed by atoms with Crippen LogP contribution in [-0.4, -0.2) is 32.7 Å². The molecule has 0 spiro atoms. The van der Waals surface area contributed by atoms with Crippen molar-refractivity contribution in [1.29, 1.82) is 0 Å². The standard InChI is InChI=1S/C14H20ClN3O2/c1-18(8-9-2-4-20-5-3-9)13-11(14(17)19)6-10(16)7-12(13)15/h6-7,9H,2-5,8,16H2,1H3,(H2,17,19). The van der Waals surface area contributed by atoms with Crippen LogP contribution in [-0.2, 0) is 4.74 Å². The first-order valence-electron chi connectivity index (χ1n) is 6.66. The van der Waals surface area contributed by atoms with Gasteiger partial charge >= 0.3 is 0 Å². The van der Waals surface area contributed by atoms with Gasteiger partial charge < -0.3 is 21.1 Å². The van der Waals surface area contributed by atoms with Gasteiger partial charge in [-0.3, -0.25) is 4.79 Å². The topological polar surface area (TPSA) is 81.6 Å². The second kappa shape index (κ2) is 6.33. The summed E-state index contributed by atoms with van der Waals surface area (Å²) < 4.78 is 5.35. The van der Waals surface area contributed by atoms with Gasteiger partial charge in [0.25, 0.3) is 5.91 Å². The molecule has 1 aliphatic heterocycles. The van der Waals surface area contributed by atoms with Crippen molar-refractivity contribution in [2.24, 2.45) is 11.7 Å². The predicted octanol–water partition coefficient (Wildman–Crippen LogP) is 1.88. The van der Waals surface area contributed by atoms with E-state index in [1.165, 1.54) is 0 Å². The summed E-state index contributed by atoms with van der Waals surface area (Å²) >= 11 is 6.24. The van der Waals surface area contributed by atoms with Gasteiger partial charge in [0, 0.05) is 32.5 Å². The molecule has 1 amide bonds. The Kier molecular flexibility index (Phi) is 4.73. The molecular formula is C14H20ClN3O2. The molecule has 1 saturated heterocycles. The normalized spacial score (nSPS) is 16.1. The number of nitrogens with two attached hydrogens (primary N) is 2. The van der Waals surface area contributed by atoms with Crippen LogP contribution < -0.4 is 16.4 Å². The molecule has 0 aliphatic carbocycles. The van der Waals surface area contributed by atoms with Crippen LogP contribution in [0.5, 0.6) is 0 Å². The fourth-order valence-electron chi connectivity index (χ4n) is 2.60. The molecule has 20 heavy (non-hydrogen) atoms. The minimum atomic E-state index is -0.520. The number of hydrogen-bond acceptors (Lipinski definition) is 4. The van der Waals surface area contributed by atoms with Gasteiger partial charge in [0.15, 0.2) is 0 Å². The van der Waals surface area contributed by atoms with Crippen LogP contribution >= 0.6 is 11.6 Å². The van der Waals surface area contributed by atoms with Crippen molar-refractivity contribution >= 4 is 28.9 Å². The van der Waals surface area contributed by atoms with E-state index in [1.807, 2.05) is 11.9 Å². The lowest BCUT2D eigenvalue weighted by molar-refractivity contribution is 0.0685. The Bertz CT molecular complexity index is 501. The molecule has 1 aromatic carbocycles. The first-order valence-corrected chi connectivity index (χ1v) is 7.04. The third-order valence-electron chi connectivity index (χ3n) is 3.61. The summed E-state index contributed by atoms with van der Waals surface area (Å²) in [4.78, 5) is 13.6. The maximum atomic E-state index is 11.6. The second-order valence-electron chi connectivity index (χ2n) is 5.20. The number of anilines is 2. The zero-order valence-electron chi connectivity index (χ0n) is 11.6. The Labute approximate surface area is 123 Å². The Morgan fingerprint density at radius 3 is 2.70 bits per heavy atom. The molecule has 0 atom stereocenters. The highest BCUT2D eigenvalue weighted by Crippen LogP contribution is 2.32. The molecule has 2 rings (SSSR count). The van der Waals surface area contributed by atoms with E-state index in [1.54, 1.807) is 12.1 Å². The highest BCUT2D eigenvalue weighted by atomic mass is 35.5. The Morgan fingerprint density at radius 1 is 1.45 bits per heavy atom. The van der Waals surface area contributed by atoms with E-state index in [9.17, 15) is 4.79 Å². The number of ether oxygens (including phenoxy) is 1. The molecule has 1 heterocycles. The summed E-state index contributed by atoms with van der Waals surface area (Å²) in [6, 6.07) is 3.22. The maximum Gasteiger partial charge on any atom is 0.250 e. The van der Waals surface area contributed by atoms with Crippen molar-refractivity contribution in [3.8, 4) is 0 Å². The number of primary amides is 1. The molecule has 0 aromatic heterocycles. The molecule has 1 fully saturated rings. The zero-order chi connectivity index (χ0) is 14.7. The second-order valence-corrected chi connectivity index (χ2v) is 5.61. The van der Waals surface area contributed by atoms with Gasteiger partial charge in [-0.1, -0.05) is 11.6 Å². The van der Waals surface area contributed by atoms with Crippen molar-refractivity contribution < 1.29 is 9.53 Å². The molecular weight excluding hydrogens is 278 g/mol. The van der Waals surface area contributed by atoms with E-state index >= 15 is 0 Å². The van der Waals surface area contributed by atoms with Gasteiger partial charge in [0.2, 0.25) is 0 Å². The maximum absolute atomic E-state index is 11.6. The smallest absolute Gasteiger partial charge is 0.250 e. The molecule has 0 saturated carbocycles. The highest BCUT2D eigenvalue weighted by Gasteiger charge is 2.21. The SMILES string of the molecule is CN(CC1CCOCC1)c1c(Cl)cc(N)cc1C(N)=O. The fraction of sp³-hybridized carbons (Fsp3) is 0.500. The Balaban J connectivity index is 2.23. The van der Waals surface area contributed by atoms with Gasteiger partial charge in [-0.15, -0.1) is 0 Å². The molecule has 0 bridgehead atoms. The molecule has 4 N–H and O–H groups in total. The van der Waals surface area contributed by atoms with E-state index in [4.69, 9.17) is 27.8 Å². The first-order chi connectivity index (χ1) is 9.49. The highest BCUT2D eigenvalue weighted by molar-refractivity contribution is 6.34. The molecule has 5 nitrogen and oxygen atoms in total. The minimum absolute atomic E-state index is 0.365. The lowest BCUT2D eigenvalue weighted by Crippen LogP contribution is -2.31. The van der Waals surface area contributed by atoms with Gasteiger partial charge in [0.05, 0.1) is 16.3 Å². The fourth-order valence-corrected chi connectivity index (χ4v) is 2.98. The van der Waals surface area contributed by atoms with E-state index in [0.29, 0.717) is 27.9 Å². The van der Waals surface area contributed by atoms with Gasteiger partial charge in [-0.05, 0) is 30.9 Å². The van der Waals surface area contributed by atoms with Crippen molar-refractivity contribution in [2.45, 2.75) is 12.8 Å². The number of amides is 1. The van der Waals surface area contributed by atoms with Crippen LogP contribution in [0.2, 0.25) is 5.02 Å². The van der Waals surface area contributed by atoms with Crippen LogP contribution in [0, 0.1) is 5.92 Å². The molecule has 110 valence electrons. The number of halogens is 1. The van der Waals surface area contributed by atoms with Crippen molar-refractivity contribution in [1.82, 2.24) is 0 Å². The summed E-state index contributed by atoms with van der Waals surface area (Å²) in [6.45, 7) is 2.39. The average molecular weight is 298 g/mol. The number of nitrogen functional groups attached to an aromatic ring is 1. The average Bonchev–Trinajstić information content (AvgIpc) is 2.38. The van der Waals surface area contributed by atoms with Crippen LogP contribution in [0.15, 0.2) is 12.1 Å². The van der Waals surface area contributed by atoms with Gasteiger partial charge in [-0.2, -0.15) is 0 Å². The van der Waals surface area contributed by atoms with Crippen molar-refractivity contribution in [2.75, 3.05) is 37.4 Å². The van der Waals surface area contributed by atoms with Crippen LogP contribution in [0.1, 0.15) is 23.2 Å². The summed E-state index contributed by atoms with van der Waals surface area (Å²) in [5.74, 6) is 0.0103. The molecule has 0 radical (unpaired) electrons. The van der Waals surface area contributed by atoms with E-state index in [-0.39, 0.29) is 0 Å². The summed E-state index contributed by atoms with van der Waals surface area (Å²) in [5, 5.41) is 0.452. The van der Waals surface area contributed by atoms with Crippen molar-refractivity contribution in [3.05, 3.63) is 22.7 Å². The largest absolute Gasteiger partial charge is 0.399 e. The summed E-state index contributed by atoms with van der Waals surface area (Å²) in [5.41, 5.74) is 12.6. The van der Waals surface area contributed by atoms with E-state index in [0.717, 1.165) is 32.6 Å². The molecule has 0 unspecified atom stereocenters. The number of nitrogens with zero attached hydrogens (tertiary/aromatic N) is 1. The van der Waals surface area contributed by atoms with Crippen LogP contribution in [0.3, 0.4) is 0 Å². The monoisotopic (exact) mass is 297 g/mol. The third-order valence-corrected chi connectivity index (χ3v) is 3.89. The molecule has 1 aliphatic rings. The quantitative estimate of drug-likeness (QED) is 0.832. The summed E-state index contributed by atoms with van der Waals surface area (Å²) in [6.07, 6.45) is 2.03. The number of carbonyl (C=O) groups excluding carboxylic acids is 1. The van der Waals surface area contributed by atoms with Gasteiger partial charge in [-0.25, -0.2) is 0 Å². The van der Waals surface area contributed by atoms with E-state index in [2.05, 4.69) is 0 Å². The predicted molar refractivity (Wildman–Crippen MR) is 81.2 cm³/mol. The Hall–Kier alpha value is -1.46. The zero-order valence-corrected chi connectivity index (χ0v) is 12.3. The first kappa shape index (κ1) is 14.9. The van der Waals surface area contributed by atoms with Gasteiger partial charge in [0.1, 0.15) is 0 Å². The third kappa shape index (κ3) is 3.35. The molecule has 1 aromatic rings. The number of rotatable bonds is 4. The van der Waals surface area contributed by atoms with Crippen molar-refractivity contribution in [3.63, 3.8) is 0 Å². The molecule has 6 heteroatoms. The lowest BCUT2D eigenvalue weighted by Gasteiger charge is -2.30. The number of carbonyl (C=O) groups is 1. The summed E-state index contributed by atoms with van der Waals surface area (Å²) in [7, 11) is 1.92. The Morgan fingerprint density at radius 2 is 2.10 bits per heavy atom. The number of hydrogen-bond donors (Lipinski definition) is 2.